The van der Waals surface area contributed by atoms with Crippen molar-refractivity contribution in [1.82, 2.24) is 0 Å². The van der Waals surface area contributed by atoms with Gasteiger partial charge in [-0.2, -0.15) is 0 Å². The zero-order valence-corrected chi connectivity index (χ0v) is 20.2. The van der Waals surface area contributed by atoms with E-state index in [9.17, 15) is 9.59 Å². The summed E-state index contributed by atoms with van der Waals surface area (Å²) in [5, 5.41) is 8.63. The molecule has 0 aliphatic heterocycles. The minimum absolute atomic E-state index is 0.0315. The molecule has 0 bridgehead atoms. The van der Waals surface area contributed by atoms with Crippen LogP contribution >= 0.6 is 0 Å². The zero-order chi connectivity index (χ0) is 23.4. The Bertz CT molecular complexity index is 601. The maximum Gasteiger partial charge on any atom is 0.303 e. The van der Waals surface area contributed by atoms with Gasteiger partial charge < -0.3 is 14.6 Å². The summed E-state index contributed by atoms with van der Waals surface area (Å²) in [5.41, 5.74) is 1.20. The van der Waals surface area contributed by atoms with Crippen LogP contribution in [0, 0.1) is 0 Å². The van der Waals surface area contributed by atoms with Crippen molar-refractivity contribution >= 4 is 11.9 Å². The van der Waals surface area contributed by atoms with Crippen molar-refractivity contribution in [2.24, 2.45) is 0 Å². The summed E-state index contributed by atoms with van der Waals surface area (Å²) >= 11 is 0. The third-order valence-corrected chi connectivity index (χ3v) is 5.76. The van der Waals surface area contributed by atoms with Crippen molar-refractivity contribution in [3.63, 3.8) is 0 Å². The average Bonchev–Trinajstić information content (AvgIpc) is 2.76. The molecule has 1 N–H and O–H groups in total. The fraction of sp³-hybridized carbons (Fsp3) is 0.704. The number of carboxylic acids is 1. The van der Waals surface area contributed by atoms with Crippen molar-refractivity contribution in [3.05, 3.63) is 35.9 Å². The third kappa shape index (κ3) is 16.8. The molecule has 5 nitrogen and oxygen atoms in total. The van der Waals surface area contributed by atoms with E-state index in [2.05, 4.69) is 19.1 Å². The minimum Gasteiger partial charge on any atom is -0.481 e. The van der Waals surface area contributed by atoms with E-state index in [0.29, 0.717) is 6.61 Å². The first kappa shape index (κ1) is 28.2. The van der Waals surface area contributed by atoms with Gasteiger partial charge in [0, 0.05) is 13.3 Å². The van der Waals surface area contributed by atoms with Gasteiger partial charge in [0.1, 0.15) is 6.10 Å². The Labute approximate surface area is 194 Å². The van der Waals surface area contributed by atoms with Gasteiger partial charge in [0.25, 0.3) is 0 Å². The van der Waals surface area contributed by atoms with Crippen molar-refractivity contribution in [3.8, 4) is 0 Å². The van der Waals surface area contributed by atoms with Crippen LogP contribution in [0.3, 0.4) is 0 Å². The molecule has 0 spiro atoms. The van der Waals surface area contributed by atoms with Crippen molar-refractivity contribution in [1.29, 1.82) is 0 Å². The van der Waals surface area contributed by atoms with Gasteiger partial charge in [-0.1, -0.05) is 75.3 Å². The van der Waals surface area contributed by atoms with Crippen LogP contribution in [0.1, 0.15) is 109 Å². The number of hydrogen-bond acceptors (Lipinski definition) is 4. The number of aliphatic carboxylic acids is 1. The first-order chi connectivity index (χ1) is 15.5. The quantitative estimate of drug-likeness (QED) is 0.171. The van der Waals surface area contributed by atoms with E-state index in [-0.39, 0.29) is 24.6 Å². The molecule has 0 aliphatic rings. The SMILES string of the molecule is CC(=O)OC(CCCCCCCCCCC(=O)O)CCCCC(C)OCc1ccccc1. The molecular formula is C27H44O5. The average molecular weight is 449 g/mol. The predicted molar refractivity (Wildman–Crippen MR) is 129 cm³/mol. The Morgan fingerprint density at radius 2 is 1.34 bits per heavy atom. The van der Waals surface area contributed by atoms with Gasteiger partial charge in [0.05, 0.1) is 12.7 Å². The topological polar surface area (TPSA) is 72.8 Å². The lowest BCUT2D eigenvalue weighted by Gasteiger charge is -2.18. The molecule has 5 heteroatoms. The predicted octanol–water partition coefficient (Wildman–Crippen LogP) is 7.07. The fourth-order valence-electron chi connectivity index (χ4n) is 3.91. The minimum atomic E-state index is -0.696. The highest BCUT2D eigenvalue weighted by molar-refractivity contribution is 5.66. The van der Waals surface area contributed by atoms with Crippen LogP contribution in [0.4, 0.5) is 0 Å². The molecule has 0 amide bonds. The lowest BCUT2D eigenvalue weighted by molar-refractivity contribution is -0.147. The molecule has 2 unspecified atom stereocenters. The smallest absolute Gasteiger partial charge is 0.303 e. The van der Waals surface area contributed by atoms with Crippen LogP contribution in [0.5, 0.6) is 0 Å². The number of esters is 1. The van der Waals surface area contributed by atoms with Crippen LogP contribution in [-0.2, 0) is 25.7 Å². The van der Waals surface area contributed by atoms with Crippen LogP contribution in [0.25, 0.3) is 0 Å². The van der Waals surface area contributed by atoms with Gasteiger partial charge in [-0.3, -0.25) is 9.59 Å². The van der Waals surface area contributed by atoms with E-state index < -0.39 is 5.97 Å². The summed E-state index contributed by atoms with van der Waals surface area (Å²) in [7, 11) is 0. The highest BCUT2D eigenvalue weighted by atomic mass is 16.5. The van der Waals surface area contributed by atoms with Crippen LogP contribution in [-0.4, -0.2) is 29.3 Å². The summed E-state index contributed by atoms with van der Waals surface area (Å²) in [6.07, 6.45) is 14.3. The van der Waals surface area contributed by atoms with E-state index in [0.717, 1.165) is 64.2 Å². The molecule has 1 aromatic carbocycles. The van der Waals surface area contributed by atoms with Gasteiger partial charge in [-0.15, -0.1) is 0 Å². The van der Waals surface area contributed by atoms with Gasteiger partial charge in [0.2, 0.25) is 0 Å². The molecule has 32 heavy (non-hydrogen) atoms. The second kappa shape index (κ2) is 18.7. The molecule has 0 heterocycles. The van der Waals surface area contributed by atoms with Crippen LogP contribution in [0.15, 0.2) is 30.3 Å². The van der Waals surface area contributed by atoms with E-state index in [1.165, 1.54) is 31.7 Å². The van der Waals surface area contributed by atoms with Crippen LogP contribution in [0.2, 0.25) is 0 Å². The maximum atomic E-state index is 11.4. The number of hydrogen-bond donors (Lipinski definition) is 1. The Kier molecular flexibility index (Phi) is 16.4. The van der Waals surface area contributed by atoms with Crippen molar-refractivity contribution in [2.45, 2.75) is 123 Å². The van der Waals surface area contributed by atoms with E-state index in [4.69, 9.17) is 14.6 Å². The van der Waals surface area contributed by atoms with E-state index in [1.807, 2.05) is 18.2 Å². The number of carbonyl (C=O) groups is 2. The van der Waals surface area contributed by atoms with Gasteiger partial charge >= 0.3 is 11.9 Å². The molecule has 1 aromatic rings. The summed E-state index contributed by atoms with van der Waals surface area (Å²) in [5.74, 6) is -0.880. The second-order valence-corrected chi connectivity index (χ2v) is 8.88. The Morgan fingerprint density at radius 3 is 1.94 bits per heavy atom. The molecule has 0 saturated carbocycles. The monoisotopic (exact) mass is 448 g/mol. The largest absolute Gasteiger partial charge is 0.481 e. The van der Waals surface area contributed by atoms with Gasteiger partial charge in [-0.25, -0.2) is 0 Å². The molecule has 0 saturated heterocycles. The van der Waals surface area contributed by atoms with Crippen LogP contribution < -0.4 is 0 Å². The summed E-state index contributed by atoms with van der Waals surface area (Å²) in [6.45, 7) is 4.27. The summed E-state index contributed by atoms with van der Waals surface area (Å²) < 4.78 is 11.5. The molecule has 0 fully saturated rings. The lowest BCUT2D eigenvalue weighted by atomic mass is 10.0. The molecule has 1 rings (SSSR count). The highest BCUT2D eigenvalue weighted by Crippen LogP contribution is 2.18. The summed E-state index contributed by atoms with van der Waals surface area (Å²) in [4.78, 5) is 21.9. The standard InChI is InChI=1S/C27H44O5/c1-23(31-22-25-17-10-9-11-18-25)16-14-15-20-26(32-24(2)28)19-12-7-5-3-4-6-8-13-21-27(29)30/h9-11,17-18,23,26H,3-8,12-16,19-22H2,1-2H3,(H,29,30). The number of carboxylic acid groups (broad SMARTS) is 1. The third-order valence-electron chi connectivity index (χ3n) is 5.76. The Balaban J connectivity index is 2.06. The first-order valence-electron chi connectivity index (χ1n) is 12.5. The summed E-state index contributed by atoms with van der Waals surface area (Å²) in [6, 6.07) is 10.2. The van der Waals surface area contributed by atoms with Crippen molar-refractivity contribution < 1.29 is 24.2 Å². The number of rotatable bonds is 20. The molecule has 182 valence electrons. The normalized spacial score (nSPS) is 12.9. The second-order valence-electron chi connectivity index (χ2n) is 8.88. The molecule has 2 atom stereocenters. The lowest BCUT2D eigenvalue weighted by Crippen LogP contribution is -2.16. The highest BCUT2D eigenvalue weighted by Gasteiger charge is 2.12. The molecule has 0 aliphatic carbocycles. The number of ether oxygens (including phenoxy) is 2. The number of carbonyl (C=O) groups excluding carboxylic acids is 1. The Hall–Kier alpha value is -1.88. The number of unbranched alkanes of at least 4 members (excludes halogenated alkanes) is 8. The maximum absolute atomic E-state index is 11.4. The molecule has 0 aromatic heterocycles. The van der Waals surface area contributed by atoms with E-state index in [1.54, 1.807) is 0 Å². The number of benzene rings is 1. The van der Waals surface area contributed by atoms with E-state index >= 15 is 0 Å². The Morgan fingerprint density at radius 1 is 0.812 bits per heavy atom. The molecule has 0 radical (unpaired) electrons. The first-order valence-corrected chi connectivity index (χ1v) is 12.5. The fourth-order valence-corrected chi connectivity index (χ4v) is 3.91. The van der Waals surface area contributed by atoms with Gasteiger partial charge in [0.15, 0.2) is 0 Å². The molecular weight excluding hydrogens is 404 g/mol. The van der Waals surface area contributed by atoms with Gasteiger partial charge in [-0.05, 0) is 51.0 Å². The zero-order valence-electron chi connectivity index (χ0n) is 20.2. The van der Waals surface area contributed by atoms with Crippen molar-refractivity contribution in [2.75, 3.05) is 0 Å².